The zero-order valence-corrected chi connectivity index (χ0v) is 23.4. The van der Waals surface area contributed by atoms with Gasteiger partial charge in [0.1, 0.15) is 11.5 Å². The third kappa shape index (κ3) is 10.1. The molecule has 2 radical (unpaired) electrons. The van der Waals surface area contributed by atoms with E-state index in [1.54, 1.807) is 0 Å². The van der Waals surface area contributed by atoms with Crippen molar-refractivity contribution in [3.63, 3.8) is 0 Å². The minimum Gasteiger partial charge on any atom is -0.457 e. The fourth-order valence-electron chi connectivity index (χ4n) is 3.29. The second-order valence-electron chi connectivity index (χ2n) is 7.74. The zero-order valence-electron chi connectivity index (χ0n) is 20.8. The van der Waals surface area contributed by atoms with Crippen LogP contribution in [-0.4, -0.2) is 9.52 Å². The Hall–Kier alpha value is -3.30. The van der Waals surface area contributed by atoms with Gasteiger partial charge < -0.3 is 4.74 Å². The summed E-state index contributed by atoms with van der Waals surface area (Å²) in [5, 5.41) is 2.66. The van der Waals surface area contributed by atoms with Crippen LogP contribution in [-0.2, 0) is 21.7 Å². The molecule has 3 heteroatoms. The summed E-state index contributed by atoms with van der Waals surface area (Å²) < 4.78 is 6.05. The van der Waals surface area contributed by atoms with Crippen molar-refractivity contribution in [1.82, 2.24) is 0 Å². The molecule has 0 aliphatic carbocycles. The zero-order chi connectivity index (χ0) is 24.6. The van der Waals surface area contributed by atoms with Gasteiger partial charge in [0, 0.05) is 36.8 Å². The molecule has 178 valence electrons. The van der Waals surface area contributed by atoms with Gasteiger partial charge in [0.25, 0.3) is 0 Å². The van der Waals surface area contributed by atoms with Crippen molar-refractivity contribution in [2.24, 2.45) is 0 Å². The van der Waals surface area contributed by atoms with E-state index < -0.39 is 0 Å². The van der Waals surface area contributed by atoms with Gasteiger partial charge in [-0.2, -0.15) is 17.5 Å². The van der Waals surface area contributed by atoms with Gasteiger partial charge in [0.05, 0.1) is 0 Å². The average molecular weight is 520 g/mol. The molecule has 0 unspecified atom stereocenters. The van der Waals surface area contributed by atoms with Crippen LogP contribution in [0, 0.1) is 0 Å². The second kappa shape index (κ2) is 17.2. The molecule has 0 fully saturated rings. The summed E-state index contributed by atoms with van der Waals surface area (Å²) >= 11 is 0. The molecule has 0 aromatic heterocycles. The molecule has 0 heterocycles. The third-order valence-corrected chi connectivity index (χ3v) is 4.91. The van der Waals surface area contributed by atoms with Crippen LogP contribution in [0.5, 0.6) is 5.75 Å². The monoisotopic (exact) mass is 519 g/mol. The molecule has 0 saturated carbocycles. The minimum atomic E-state index is 0. The van der Waals surface area contributed by atoms with Gasteiger partial charge in [0.2, 0.25) is 0 Å². The number of hydrogen-bond donors (Lipinski definition) is 0. The molecule has 5 aromatic rings. The Labute approximate surface area is 233 Å². The molecule has 5 rings (SSSR count). The van der Waals surface area contributed by atoms with Gasteiger partial charge in [0.15, 0.2) is 0 Å². The first-order valence-electron chi connectivity index (χ1n) is 11.7. The molecule has 0 N–H and O–H groups in total. The largest absolute Gasteiger partial charge is 0.457 e. The summed E-state index contributed by atoms with van der Waals surface area (Å²) in [7, 11) is 1.08. The molecule has 5 aromatic carbocycles. The number of benzene rings is 4. The third-order valence-electron chi connectivity index (χ3n) is 4.91. The number of allylic oxidation sites excluding steroid dienone is 2. The molecule has 0 atom stereocenters. The van der Waals surface area contributed by atoms with E-state index in [-0.39, 0.29) is 21.7 Å². The number of fused-ring (bicyclic) bond motifs is 1. The predicted octanol–water partition coefficient (Wildman–Crippen LogP) is 9.16. The second-order valence-corrected chi connectivity index (χ2v) is 8.74. The number of para-hydroxylation sites is 1. The van der Waals surface area contributed by atoms with Crippen molar-refractivity contribution in [2.45, 2.75) is 13.1 Å². The Morgan fingerprint density at radius 3 is 1.89 bits per heavy atom. The molecule has 36 heavy (non-hydrogen) atoms. The minimum absolute atomic E-state index is 0. The summed E-state index contributed by atoms with van der Waals surface area (Å²) in [4.78, 5) is 0. The molecular weight excluding hydrogens is 488 g/mol. The van der Waals surface area contributed by atoms with E-state index in [1.807, 2.05) is 91.0 Å². The van der Waals surface area contributed by atoms with Crippen molar-refractivity contribution in [1.29, 1.82) is 0 Å². The molecule has 0 aliphatic heterocycles. The van der Waals surface area contributed by atoms with Crippen molar-refractivity contribution >= 4 is 32.1 Å². The van der Waals surface area contributed by atoms with Crippen LogP contribution < -0.4 is 4.74 Å². The molecule has 0 amide bonds. The van der Waals surface area contributed by atoms with E-state index in [0.29, 0.717) is 0 Å². The van der Waals surface area contributed by atoms with Crippen molar-refractivity contribution < 1.29 is 26.5 Å². The van der Waals surface area contributed by atoms with E-state index in [0.717, 1.165) is 32.2 Å². The Balaban J connectivity index is 0.000000290. The maximum Gasteiger partial charge on any atom is 0.134 e. The maximum atomic E-state index is 6.05. The van der Waals surface area contributed by atoms with Crippen LogP contribution in [0.15, 0.2) is 146 Å². The van der Waals surface area contributed by atoms with Crippen LogP contribution in [0.25, 0.3) is 22.6 Å². The average Bonchev–Trinajstić information content (AvgIpc) is 3.40. The van der Waals surface area contributed by atoms with Gasteiger partial charge in [-0.1, -0.05) is 110 Å². The first kappa shape index (κ1) is 28.9. The molecule has 1 nitrogen and oxygen atoms in total. The standard InChI is InChI=1S/C22H18O.C9H7.C2H6Si.Ti/c1-4-11-19(12-5-1)13-10-18-22(20-14-6-2-7-15-20)23-21-16-8-3-9-17-21;1-2-5-9-7-3-6-8(9)4-1;1-3-2;/h1-18H;1-7H;1-2H3;/q;-1;;. The molecular formula is C33H31OSiTi-. The number of rotatable bonds is 5. The topological polar surface area (TPSA) is 9.23 Å². The van der Waals surface area contributed by atoms with E-state index in [9.17, 15) is 0 Å². The predicted molar refractivity (Wildman–Crippen MR) is 154 cm³/mol. The summed E-state index contributed by atoms with van der Waals surface area (Å²) in [5.74, 6) is 1.65. The Kier molecular flexibility index (Phi) is 13.8. The Morgan fingerprint density at radius 1 is 0.694 bits per heavy atom. The molecule has 0 spiro atoms. The fourth-order valence-corrected chi connectivity index (χ4v) is 3.29. The van der Waals surface area contributed by atoms with Gasteiger partial charge >= 0.3 is 0 Å². The maximum absolute atomic E-state index is 6.05. The van der Waals surface area contributed by atoms with Gasteiger partial charge in [-0.15, -0.1) is 29.7 Å². The van der Waals surface area contributed by atoms with Gasteiger partial charge in [-0.05, 0) is 23.8 Å². The SMILES string of the molecule is C(=Cc1ccccc1)C=C(Oc1ccccc1)c1ccccc1.C[Si]C.[Ti].c1ccc2[cH-]ccc2c1. The van der Waals surface area contributed by atoms with E-state index in [4.69, 9.17) is 4.74 Å². The van der Waals surface area contributed by atoms with E-state index in [2.05, 4.69) is 73.8 Å². The van der Waals surface area contributed by atoms with Crippen LogP contribution in [0.1, 0.15) is 11.1 Å². The van der Waals surface area contributed by atoms with Crippen LogP contribution in [0.4, 0.5) is 0 Å². The fraction of sp³-hybridized carbons (Fsp3) is 0.0606. The number of hydrogen-bond acceptors (Lipinski definition) is 1. The quantitative estimate of drug-likeness (QED) is 0.0974. The Bertz CT molecular complexity index is 1260. The van der Waals surface area contributed by atoms with Crippen molar-refractivity contribution in [2.75, 3.05) is 0 Å². The summed E-state index contributed by atoms with van der Waals surface area (Å²) in [5.41, 5.74) is 2.21. The first-order valence-corrected chi connectivity index (χ1v) is 13.7. The van der Waals surface area contributed by atoms with Crippen LogP contribution in [0.2, 0.25) is 13.1 Å². The van der Waals surface area contributed by atoms with Crippen LogP contribution >= 0.6 is 0 Å². The summed E-state index contributed by atoms with van der Waals surface area (Å²) in [6.07, 6.45) is 6.08. The molecule has 0 aliphatic rings. The molecule has 0 bridgehead atoms. The van der Waals surface area contributed by atoms with Crippen molar-refractivity contribution in [3.8, 4) is 5.75 Å². The van der Waals surface area contributed by atoms with Crippen LogP contribution in [0.3, 0.4) is 0 Å². The van der Waals surface area contributed by atoms with E-state index >= 15 is 0 Å². The molecule has 0 saturated heterocycles. The number of ether oxygens (including phenoxy) is 1. The van der Waals surface area contributed by atoms with Gasteiger partial charge in [-0.25, -0.2) is 0 Å². The summed E-state index contributed by atoms with van der Waals surface area (Å²) in [6.45, 7) is 4.31. The summed E-state index contributed by atoms with van der Waals surface area (Å²) in [6, 6.07) is 44.8. The normalized spacial score (nSPS) is 10.4. The van der Waals surface area contributed by atoms with Crippen molar-refractivity contribution in [3.05, 3.63) is 157 Å². The first-order chi connectivity index (χ1) is 17.3. The van der Waals surface area contributed by atoms with E-state index in [1.165, 1.54) is 10.8 Å². The van der Waals surface area contributed by atoms with Gasteiger partial charge in [-0.3, -0.25) is 0 Å². The smallest absolute Gasteiger partial charge is 0.134 e. The Morgan fingerprint density at radius 2 is 1.25 bits per heavy atom.